The second-order valence-corrected chi connectivity index (χ2v) is 12.1. The maximum atomic E-state index is 13.4. The number of hydrogen-bond donors (Lipinski definition) is 0. The van der Waals surface area contributed by atoms with E-state index in [1.165, 1.54) is 15.4 Å². The van der Waals surface area contributed by atoms with Gasteiger partial charge in [-0.2, -0.15) is 9.78 Å². The van der Waals surface area contributed by atoms with Crippen LogP contribution in [-0.2, 0) is 13.0 Å². The number of unbranched alkanes of at least 4 members (excludes halogenated alkanes) is 1. The number of aromatic nitrogens is 2. The molecule has 0 saturated carbocycles. The van der Waals surface area contributed by atoms with Gasteiger partial charge in [-0.15, -0.1) is 0 Å². The third-order valence-corrected chi connectivity index (χ3v) is 8.32. The number of aryl methyl sites for hydroxylation is 1. The van der Waals surface area contributed by atoms with Gasteiger partial charge >= 0.3 is 0 Å². The van der Waals surface area contributed by atoms with Crippen LogP contribution >= 0.6 is 61.1 Å². The predicted octanol–water partition coefficient (Wildman–Crippen LogP) is 8.33. The third kappa shape index (κ3) is 5.96. The van der Waals surface area contributed by atoms with E-state index < -0.39 is 0 Å². The Labute approximate surface area is 256 Å². The van der Waals surface area contributed by atoms with Crippen LogP contribution in [-0.4, -0.2) is 15.9 Å². The summed E-state index contributed by atoms with van der Waals surface area (Å²) in [7, 11) is 0. The van der Waals surface area contributed by atoms with Gasteiger partial charge in [-0.25, -0.2) is 4.98 Å². The Hall–Kier alpha value is -2.31. The molecular weight excluding hydrogens is 768 g/mol. The maximum Gasteiger partial charge on any atom is 0.282 e. The van der Waals surface area contributed by atoms with Gasteiger partial charge in [0.2, 0.25) is 0 Å². The number of ether oxygens (including phenoxy) is 1. The molecule has 1 aromatic heterocycles. The molecule has 0 fully saturated rings. The fourth-order valence-electron chi connectivity index (χ4n) is 4.30. The zero-order chi connectivity index (χ0) is 26.6. The Morgan fingerprint density at radius 3 is 2.55 bits per heavy atom. The van der Waals surface area contributed by atoms with Gasteiger partial charge in [-0.3, -0.25) is 4.79 Å². The van der Waals surface area contributed by atoms with Gasteiger partial charge in [0, 0.05) is 10.9 Å². The highest BCUT2D eigenvalue weighted by Gasteiger charge is 2.13. The molecule has 5 rings (SSSR count). The van der Waals surface area contributed by atoms with Crippen molar-refractivity contribution in [3.05, 3.63) is 112 Å². The van der Waals surface area contributed by atoms with E-state index in [0.717, 1.165) is 41.3 Å². The van der Waals surface area contributed by atoms with Gasteiger partial charge < -0.3 is 4.74 Å². The van der Waals surface area contributed by atoms with Crippen molar-refractivity contribution in [3.63, 3.8) is 0 Å². The zero-order valence-electron chi connectivity index (χ0n) is 20.6. The molecule has 0 radical (unpaired) electrons. The molecule has 192 valence electrons. The van der Waals surface area contributed by atoms with Crippen LogP contribution in [0.5, 0.6) is 5.75 Å². The molecule has 0 N–H and O–H groups in total. The van der Waals surface area contributed by atoms with E-state index in [-0.39, 0.29) is 5.56 Å². The minimum atomic E-state index is -0.168. The molecule has 5 nitrogen and oxygen atoms in total. The number of rotatable bonds is 8. The summed E-state index contributed by atoms with van der Waals surface area (Å²) >= 11 is 8.05. The number of hydrogen-bond acceptors (Lipinski definition) is 4. The molecule has 0 aliphatic carbocycles. The molecule has 4 aromatic carbocycles. The Morgan fingerprint density at radius 2 is 1.76 bits per heavy atom. The van der Waals surface area contributed by atoms with Crippen molar-refractivity contribution < 1.29 is 4.74 Å². The molecule has 0 amide bonds. The Morgan fingerprint density at radius 1 is 1.00 bits per heavy atom. The summed E-state index contributed by atoms with van der Waals surface area (Å²) in [6.45, 7) is 2.60. The van der Waals surface area contributed by atoms with Crippen molar-refractivity contribution in [1.82, 2.24) is 9.66 Å². The second-order valence-electron chi connectivity index (χ2n) is 8.90. The summed E-state index contributed by atoms with van der Waals surface area (Å²) < 4.78 is 10.5. The van der Waals surface area contributed by atoms with Crippen molar-refractivity contribution in [2.45, 2.75) is 32.8 Å². The summed E-state index contributed by atoms with van der Waals surface area (Å²) in [6, 6.07) is 24.2. The molecule has 1 heterocycles. The van der Waals surface area contributed by atoms with E-state index >= 15 is 0 Å². The van der Waals surface area contributed by atoms with Gasteiger partial charge in [0.1, 0.15) is 18.2 Å². The van der Waals surface area contributed by atoms with Crippen LogP contribution in [0.3, 0.4) is 0 Å². The minimum Gasteiger partial charge on any atom is -0.487 e. The Balaban J connectivity index is 1.44. The van der Waals surface area contributed by atoms with Crippen LogP contribution in [0.25, 0.3) is 21.7 Å². The van der Waals surface area contributed by atoms with Gasteiger partial charge in [0.15, 0.2) is 0 Å². The summed E-state index contributed by atoms with van der Waals surface area (Å²) in [5, 5.41) is 7.54. The second kappa shape index (κ2) is 12.3. The number of benzene rings is 4. The predicted molar refractivity (Wildman–Crippen MR) is 175 cm³/mol. The summed E-state index contributed by atoms with van der Waals surface area (Å²) in [5.74, 6) is 1.51. The summed E-state index contributed by atoms with van der Waals surface area (Å²) in [6.07, 6.45) is 4.35. The van der Waals surface area contributed by atoms with E-state index in [1.807, 2.05) is 30.3 Å². The molecular formula is C30H24BrI2N3O2. The van der Waals surface area contributed by atoms with Gasteiger partial charge in [0.25, 0.3) is 5.56 Å². The Bertz CT molecular complexity index is 1700. The molecule has 0 saturated heterocycles. The quantitative estimate of drug-likeness (QED) is 0.117. The van der Waals surface area contributed by atoms with E-state index in [2.05, 4.69) is 110 Å². The Kier molecular flexibility index (Phi) is 8.79. The number of nitrogens with zero attached hydrogens (tertiary/aromatic N) is 3. The molecule has 0 aliphatic rings. The lowest BCUT2D eigenvalue weighted by Crippen LogP contribution is -2.22. The first-order valence-electron chi connectivity index (χ1n) is 12.3. The first kappa shape index (κ1) is 27.3. The summed E-state index contributed by atoms with van der Waals surface area (Å²) in [4.78, 5) is 18.1. The standard InChI is InChI=1S/C30H24BrI2N3O2/c1-2-3-11-28-35-27-13-12-22(31)16-24(27)30(37)36(28)34-17-19-14-25(32)29(26(33)15-19)38-18-21-9-6-8-20-7-4-5-10-23(20)21/h4-10,12-17H,2-3,11,18H2,1H3. The largest absolute Gasteiger partial charge is 0.487 e. The SMILES string of the molecule is CCCCc1nc2ccc(Br)cc2c(=O)n1N=Cc1cc(I)c(OCc2cccc3ccccc23)c(I)c1. The van der Waals surface area contributed by atoms with Crippen LogP contribution in [0.15, 0.2) is 87.2 Å². The lowest BCUT2D eigenvalue weighted by molar-refractivity contribution is 0.303. The highest BCUT2D eigenvalue weighted by atomic mass is 127. The monoisotopic (exact) mass is 791 g/mol. The normalized spacial score (nSPS) is 11.6. The average Bonchev–Trinajstić information content (AvgIpc) is 2.91. The fourth-order valence-corrected chi connectivity index (χ4v) is 6.78. The lowest BCUT2D eigenvalue weighted by Gasteiger charge is -2.13. The van der Waals surface area contributed by atoms with E-state index in [9.17, 15) is 4.79 Å². The van der Waals surface area contributed by atoms with Crippen LogP contribution in [0.1, 0.15) is 36.7 Å². The summed E-state index contributed by atoms with van der Waals surface area (Å²) in [5.41, 5.74) is 2.55. The van der Waals surface area contributed by atoms with Gasteiger partial charge in [-0.1, -0.05) is 71.7 Å². The topological polar surface area (TPSA) is 56.5 Å². The third-order valence-electron chi connectivity index (χ3n) is 6.22. The van der Waals surface area contributed by atoms with Crippen LogP contribution < -0.4 is 10.3 Å². The minimum absolute atomic E-state index is 0.168. The molecule has 0 unspecified atom stereocenters. The van der Waals surface area contributed by atoms with Crippen molar-refractivity contribution in [2.75, 3.05) is 0 Å². The maximum absolute atomic E-state index is 13.4. The van der Waals surface area contributed by atoms with Crippen molar-refractivity contribution >= 4 is 89.0 Å². The van der Waals surface area contributed by atoms with Crippen LogP contribution in [0.4, 0.5) is 0 Å². The zero-order valence-corrected chi connectivity index (χ0v) is 26.5. The molecule has 0 aliphatic heterocycles. The van der Waals surface area contributed by atoms with Gasteiger partial charge in [-0.05, 0) is 104 Å². The molecule has 0 atom stereocenters. The molecule has 8 heteroatoms. The van der Waals surface area contributed by atoms with Crippen molar-refractivity contribution in [1.29, 1.82) is 0 Å². The lowest BCUT2D eigenvalue weighted by atomic mass is 10.1. The van der Waals surface area contributed by atoms with Gasteiger partial charge in [0.05, 0.1) is 24.3 Å². The van der Waals surface area contributed by atoms with Crippen molar-refractivity contribution in [2.24, 2.45) is 5.10 Å². The first-order chi connectivity index (χ1) is 18.4. The highest BCUT2D eigenvalue weighted by molar-refractivity contribution is 14.1. The average molecular weight is 792 g/mol. The fraction of sp³-hybridized carbons (Fsp3) is 0.167. The van der Waals surface area contributed by atoms with E-state index in [1.54, 1.807) is 12.3 Å². The van der Waals surface area contributed by atoms with E-state index in [0.29, 0.717) is 29.8 Å². The smallest absolute Gasteiger partial charge is 0.282 e. The number of fused-ring (bicyclic) bond motifs is 2. The molecule has 0 bridgehead atoms. The molecule has 0 spiro atoms. The highest BCUT2D eigenvalue weighted by Crippen LogP contribution is 2.30. The molecule has 38 heavy (non-hydrogen) atoms. The molecule has 5 aromatic rings. The number of halogens is 3. The van der Waals surface area contributed by atoms with Crippen LogP contribution in [0, 0.1) is 7.14 Å². The van der Waals surface area contributed by atoms with E-state index in [4.69, 9.17) is 9.72 Å². The van der Waals surface area contributed by atoms with Crippen LogP contribution in [0.2, 0.25) is 0 Å². The van der Waals surface area contributed by atoms with Crippen molar-refractivity contribution in [3.8, 4) is 5.75 Å². The first-order valence-corrected chi connectivity index (χ1v) is 15.2.